The van der Waals surface area contributed by atoms with Gasteiger partial charge in [-0.3, -0.25) is 0 Å². The molecule has 0 spiro atoms. The van der Waals surface area contributed by atoms with E-state index in [-0.39, 0.29) is 6.04 Å². The first-order valence-electron chi connectivity index (χ1n) is 6.36. The van der Waals surface area contributed by atoms with Gasteiger partial charge in [0.1, 0.15) is 0 Å². The van der Waals surface area contributed by atoms with Gasteiger partial charge in [0.25, 0.3) is 0 Å². The summed E-state index contributed by atoms with van der Waals surface area (Å²) in [6.45, 7) is 0. The Labute approximate surface area is 108 Å². The van der Waals surface area contributed by atoms with Gasteiger partial charge in [0.05, 0.1) is 0 Å². The van der Waals surface area contributed by atoms with Gasteiger partial charge in [0.15, 0.2) is 0 Å². The van der Waals surface area contributed by atoms with E-state index in [4.69, 9.17) is 11.5 Å². The van der Waals surface area contributed by atoms with Gasteiger partial charge < -0.3 is 11.5 Å². The smallest absolute Gasteiger partial charge is 0.0323 e. The Balaban J connectivity index is 2.00. The van der Waals surface area contributed by atoms with Crippen LogP contribution in [0.15, 0.2) is 29.2 Å². The van der Waals surface area contributed by atoms with Gasteiger partial charge in [-0.25, -0.2) is 0 Å². The maximum Gasteiger partial charge on any atom is 0.0323 e. The first kappa shape index (κ1) is 12.9. The largest absolute Gasteiger partial charge is 0.328 e. The maximum atomic E-state index is 6.36. The van der Waals surface area contributed by atoms with Crippen molar-refractivity contribution >= 4 is 11.8 Å². The number of hydrogen-bond donors (Lipinski definition) is 2. The van der Waals surface area contributed by atoms with E-state index in [1.165, 1.54) is 23.3 Å². The molecule has 0 radical (unpaired) electrons. The van der Waals surface area contributed by atoms with E-state index in [0.717, 1.165) is 12.8 Å². The molecule has 1 unspecified atom stereocenters. The summed E-state index contributed by atoms with van der Waals surface area (Å²) in [5, 5.41) is 0. The number of thioether (sulfide) groups is 1. The van der Waals surface area contributed by atoms with Crippen molar-refractivity contribution in [3.05, 3.63) is 29.8 Å². The van der Waals surface area contributed by atoms with E-state index in [9.17, 15) is 0 Å². The third-order valence-corrected chi connectivity index (χ3v) is 4.57. The average molecular weight is 250 g/mol. The fourth-order valence-electron chi connectivity index (χ4n) is 2.60. The SMILES string of the molecule is CSc1ccc(C(N)C2CCC(N)CC2)cc1. The second-order valence-electron chi connectivity index (χ2n) is 4.97. The van der Waals surface area contributed by atoms with Crippen molar-refractivity contribution in [1.82, 2.24) is 0 Å². The standard InChI is InChI=1S/C14H22N2S/c1-17-13-8-4-11(5-9-13)14(16)10-2-6-12(15)7-3-10/h4-5,8-10,12,14H,2-3,6-7,15-16H2,1H3. The van der Waals surface area contributed by atoms with Crippen molar-refractivity contribution in [2.24, 2.45) is 17.4 Å². The van der Waals surface area contributed by atoms with Gasteiger partial charge in [-0.1, -0.05) is 12.1 Å². The zero-order chi connectivity index (χ0) is 12.3. The highest BCUT2D eigenvalue weighted by Gasteiger charge is 2.24. The molecule has 4 N–H and O–H groups in total. The van der Waals surface area contributed by atoms with Crippen LogP contribution in [0, 0.1) is 5.92 Å². The van der Waals surface area contributed by atoms with Gasteiger partial charge >= 0.3 is 0 Å². The van der Waals surface area contributed by atoms with Crippen molar-refractivity contribution in [3.63, 3.8) is 0 Å². The lowest BCUT2D eigenvalue weighted by Gasteiger charge is -2.30. The molecule has 0 aromatic heterocycles. The van der Waals surface area contributed by atoms with Crippen molar-refractivity contribution in [2.75, 3.05) is 6.26 Å². The molecule has 0 saturated heterocycles. The first-order chi connectivity index (χ1) is 8.20. The molecular formula is C14H22N2S. The second kappa shape index (κ2) is 5.89. The van der Waals surface area contributed by atoms with Crippen LogP contribution in [0.3, 0.4) is 0 Å². The van der Waals surface area contributed by atoms with Crippen LogP contribution in [-0.2, 0) is 0 Å². The topological polar surface area (TPSA) is 52.0 Å². The molecule has 0 heterocycles. The van der Waals surface area contributed by atoms with E-state index in [0.29, 0.717) is 12.0 Å². The van der Waals surface area contributed by atoms with Crippen molar-refractivity contribution < 1.29 is 0 Å². The maximum absolute atomic E-state index is 6.36. The van der Waals surface area contributed by atoms with Crippen LogP contribution in [0.2, 0.25) is 0 Å². The Morgan fingerprint density at radius 1 is 1.12 bits per heavy atom. The van der Waals surface area contributed by atoms with Crippen LogP contribution in [0.5, 0.6) is 0 Å². The van der Waals surface area contributed by atoms with Gasteiger partial charge in [-0.05, 0) is 55.6 Å². The Morgan fingerprint density at radius 3 is 2.24 bits per heavy atom. The molecule has 2 nitrogen and oxygen atoms in total. The monoisotopic (exact) mass is 250 g/mol. The van der Waals surface area contributed by atoms with Gasteiger partial charge in [0.2, 0.25) is 0 Å². The Bertz CT molecular complexity index is 342. The first-order valence-corrected chi connectivity index (χ1v) is 7.58. The summed E-state index contributed by atoms with van der Waals surface area (Å²) in [6, 6.07) is 9.24. The minimum atomic E-state index is 0.179. The minimum absolute atomic E-state index is 0.179. The molecule has 0 bridgehead atoms. The molecule has 1 aliphatic rings. The van der Waals surface area contributed by atoms with E-state index in [2.05, 4.69) is 30.5 Å². The van der Waals surface area contributed by atoms with Crippen LogP contribution in [0.4, 0.5) is 0 Å². The zero-order valence-corrected chi connectivity index (χ0v) is 11.2. The Morgan fingerprint density at radius 2 is 1.71 bits per heavy atom. The second-order valence-corrected chi connectivity index (χ2v) is 5.85. The third kappa shape index (κ3) is 3.24. The number of nitrogens with two attached hydrogens (primary N) is 2. The highest BCUT2D eigenvalue weighted by molar-refractivity contribution is 7.98. The van der Waals surface area contributed by atoms with E-state index in [1.807, 2.05) is 0 Å². The molecular weight excluding hydrogens is 228 g/mol. The lowest BCUT2D eigenvalue weighted by Crippen LogP contribution is -2.31. The third-order valence-electron chi connectivity index (χ3n) is 3.83. The Kier molecular flexibility index (Phi) is 4.48. The summed E-state index contributed by atoms with van der Waals surface area (Å²) in [5.41, 5.74) is 13.6. The summed E-state index contributed by atoms with van der Waals surface area (Å²) in [6.07, 6.45) is 6.69. The number of benzene rings is 1. The van der Waals surface area contributed by atoms with Gasteiger partial charge in [-0.2, -0.15) is 0 Å². The van der Waals surface area contributed by atoms with Crippen LogP contribution in [0.25, 0.3) is 0 Å². The predicted octanol–water partition coefficient (Wildman–Crippen LogP) is 2.93. The van der Waals surface area contributed by atoms with E-state index < -0.39 is 0 Å². The molecule has 1 fully saturated rings. The van der Waals surface area contributed by atoms with Crippen molar-refractivity contribution in [1.29, 1.82) is 0 Å². The molecule has 1 aliphatic carbocycles. The van der Waals surface area contributed by atoms with Crippen LogP contribution in [0.1, 0.15) is 37.3 Å². The molecule has 1 atom stereocenters. The molecule has 1 aromatic carbocycles. The molecule has 94 valence electrons. The zero-order valence-electron chi connectivity index (χ0n) is 10.4. The average Bonchev–Trinajstić information content (AvgIpc) is 2.39. The van der Waals surface area contributed by atoms with Gasteiger partial charge in [0, 0.05) is 17.0 Å². The minimum Gasteiger partial charge on any atom is -0.328 e. The predicted molar refractivity (Wildman–Crippen MR) is 75.1 cm³/mol. The molecule has 3 heteroatoms. The van der Waals surface area contributed by atoms with Crippen LogP contribution < -0.4 is 11.5 Å². The van der Waals surface area contributed by atoms with Crippen LogP contribution in [-0.4, -0.2) is 12.3 Å². The van der Waals surface area contributed by atoms with Crippen molar-refractivity contribution in [3.8, 4) is 0 Å². The van der Waals surface area contributed by atoms with E-state index in [1.54, 1.807) is 11.8 Å². The fraction of sp³-hybridized carbons (Fsp3) is 0.571. The number of rotatable bonds is 3. The van der Waals surface area contributed by atoms with E-state index >= 15 is 0 Å². The quantitative estimate of drug-likeness (QED) is 0.811. The summed E-state index contributed by atoms with van der Waals surface area (Å²) in [5.74, 6) is 0.606. The molecule has 0 amide bonds. The molecule has 0 aliphatic heterocycles. The summed E-state index contributed by atoms with van der Waals surface area (Å²) >= 11 is 1.77. The molecule has 17 heavy (non-hydrogen) atoms. The van der Waals surface area contributed by atoms with Gasteiger partial charge in [-0.15, -0.1) is 11.8 Å². The Hall–Kier alpha value is -0.510. The fourth-order valence-corrected chi connectivity index (χ4v) is 3.01. The highest BCUT2D eigenvalue weighted by atomic mass is 32.2. The molecule has 1 saturated carbocycles. The lowest BCUT2D eigenvalue weighted by molar-refractivity contribution is 0.285. The number of hydrogen-bond acceptors (Lipinski definition) is 3. The van der Waals surface area contributed by atoms with Crippen molar-refractivity contribution in [2.45, 2.75) is 42.7 Å². The van der Waals surface area contributed by atoms with Crippen LogP contribution >= 0.6 is 11.8 Å². The molecule has 1 aromatic rings. The summed E-state index contributed by atoms with van der Waals surface area (Å²) in [7, 11) is 0. The highest BCUT2D eigenvalue weighted by Crippen LogP contribution is 2.33. The summed E-state index contributed by atoms with van der Waals surface area (Å²) in [4.78, 5) is 1.30. The normalized spacial score (nSPS) is 26.8. The molecule has 2 rings (SSSR count). The lowest BCUT2D eigenvalue weighted by atomic mass is 9.80. The summed E-state index contributed by atoms with van der Waals surface area (Å²) < 4.78 is 0.